The number of H-pyrrole nitrogens is 1. The highest BCUT2D eigenvalue weighted by Crippen LogP contribution is 2.41. The zero-order chi connectivity index (χ0) is 21.0. The van der Waals surface area contributed by atoms with Gasteiger partial charge in [-0.25, -0.2) is 9.37 Å². The van der Waals surface area contributed by atoms with Crippen LogP contribution >= 0.6 is 0 Å². The summed E-state index contributed by atoms with van der Waals surface area (Å²) in [5, 5.41) is 12.3. The van der Waals surface area contributed by atoms with Crippen molar-refractivity contribution >= 4 is 11.0 Å². The number of fused-ring (bicyclic) bond motifs is 2. The van der Waals surface area contributed by atoms with Gasteiger partial charge in [0, 0.05) is 28.3 Å². The molecule has 3 aromatic heterocycles. The molecule has 6 nitrogen and oxygen atoms in total. The molecule has 0 aliphatic carbocycles. The molecule has 0 fully saturated rings. The van der Waals surface area contributed by atoms with Gasteiger partial charge in [0.2, 0.25) is 0 Å². The number of aromatic amines is 1. The van der Waals surface area contributed by atoms with Crippen LogP contribution < -0.4 is 0 Å². The van der Waals surface area contributed by atoms with E-state index in [1.54, 1.807) is 24.4 Å². The minimum atomic E-state index is -4.50. The molecule has 1 aliphatic heterocycles. The standard InChI is InChI=1S/C20H15F4N5O/c1-10-16-13(6-7-25-19(16)27-26-10)17-14-9-30-15(20(22,23)24)8-29(14)28-18(17)11-2-4-12(21)5-3-11/h2-7,15H,8-9H2,1H3,(H,25,26,27)/t15-/m1/s1. The number of alkyl halides is 3. The summed E-state index contributed by atoms with van der Waals surface area (Å²) in [6.07, 6.45) is -4.84. The maximum absolute atomic E-state index is 13.5. The van der Waals surface area contributed by atoms with Crippen LogP contribution in [0.1, 0.15) is 11.4 Å². The number of hydrogen-bond donors (Lipinski definition) is 1. The predicted molar refractivity (Wildman–Crippen MR) is 99.9 cm³/mol. The molecule has 30 heavy (non-hydrogen) atoms. The zero-order valence-electron chi connectivity index (χ0n) is 15.7. The third-order valence-corrected chi connectivity index (χ3v) is 5.21. The first-order valence-electron chi connectivity index (χ1n) is 9.17. The van der Waals surface area contributed by atoms with Gasteiger partial charge in [-0.15, -0.1) is 0 Å². The smallest absolute Gasteiger partial charge is 0.360 e. The van der Waals surface area contributed by atoms with E-state index in [0.717, 1.165) is 10.9 Å². The highest BCUT2D eigenvalue weighted by atomic mass is 19.4. The molecule has 0 unspecified atom stereocenters. The van der Waals surface area contributed by atoms with Crippen LogP contribution in [0, 0.1) is 12.7 Å². The molecule has 0 radical (unpaired) electrons. The summed E-state index contributed by atoms with van der Waals surface area (Å²) in [5.74, 6) is -0.415. The van der Waals surface area contributed by atoms with Crippen molar-refractivity contribution in [1.82, 2.24) is 25.0 Å². The number of ether oxygens (including phenoxy) is 1. The highest BCUT2D eigenvalue weighted by molar-refractivity contribution is 5.99. The fourth-order valence-electron chi connectivity index (χ4n) is 3.79. The first kappa shape index (κ1) is 18.7. The first-order chi connectivity index (χ1) is 14.3. The van der Waals surface area contributed by atoms with Gasteiger partial charge in [-0.2, -0.15) is 23.4 Å². The van der Waals surface area contributed by atoms with Crippen molar-refractivity contribution in [3.8, 4) is 22.4 Å². The summed E-state index contributed by atoms with van der Waals surface area (Å²) < 4.78 is 59.6. The fourth-order valence-corrected chi connectivity index (χ4v) is 3.79. The van der Waals surface area contributed by atoms with E-state index in [9.17, 15) is 17.6 Å². The monoisotopic (exact) mass is 417 g/mol. The normalized spacial score (nSPS) is 16.8. The number of nitrogens with one attached hydrogen (secondary N) is 1. The van der Waals surface area contributed by atoms with E-state index in [0.29, 0.717) is 33.9 Å². The lowest BCUT2D eigenvalue weighted by Crippen LogP contribution is -2.39. The molecule has 0 amide bonds. The van der Waals surface area contributed by atoms with E-state index in [1.807, 2.05) is 6.92 Å². The molecule has 4 aromatic rings. The molecule has 0 bridgehead atoms. The van der Waals surface area contributed by atoms with Crippen LogP contribution in [0.5, 0.6) is 0 Å². The van der Waals surface area contributed by atoms with Crippen molar-refractivity contribution < 1.29 is 22.3 Å². The Kier molecular flexibility index (Phi) is 4.14. The summed E-state index contributed by atoms with van der Waals surface area (Å²) in [7, 11) is 0. The molecule has 5 rings (SSSR count). The molecule has 1 N–H and O–H groups in total. The molecule has 0 saturated heterocycles. The number of nitrogens with zero attached hydrogens (tertiary/aromatic N) is 4. The Morgan fingerprint density at radius 2 is 1.93 bits per heavy atom. The number of benzene rings is 1. The summed E-state index contributed by atoms with van der Waals surface area (Å²) >= 11 is 0. The van der Waals surface area contributed by atoms with E-state index < -0.39 is 24.6 Å². The van der Waals surface area contributed by atoms with Crippen LogP contribution in [0.2, 0.25) is 0 Å². The largest absolute Gasteiger partial charge is 0.416 e. The lowest BCUT2D eigenvalue weighted by Gasteiger charge is -2.26. The molecule has 4 heterocycles. The number of halogens is 4. The summed E-state index contributed by atoms with van der Waals surface area (Å²) in [6, 6.07) is 7.45. The van der Waals surface area contributed by atoms with Gasteiger partial charge in [0.25, 0.3) is 0 Å². The quantitative estimate of drug-likeness (QED) is 0.491. The number of pyridine rings is 1. The summed E-state index contributed by atoms with van der Waals surface area (Å²) in [5.41, 5.74) is 4.15. The van der Waals surface area contributed by atoms with Crippen molar-refractivity contribution in [3.05, 3.63) is 53.7 Å². The maximum Gasteiger partial charge on any atom is 0.416 e. The molecule has 1 aliphatic rings. The van der Waals surface area contributed by atoms with E-state index in [-0.39, 0.29) is 6.61 Å². The van der Waals surface area contributed by atoms with Gasteiger partial charge in [-0.3, -0.25) is 9.78 Å². The first-order valence-corrected chi connectivity index (χ1v) is 9.17. The van der Waals surface area contributed by atoms with Crippen molar-refractivity contribution in [3.63, 3.8) is 0 Å². The van der Waals surface area contributed by atoms with E-state index >= 15 is 0 Å². The molecular formula is C20H15F4N5O. The Morgan fingerprint density at radius 1 is 1.17 bits per heavy atom. The summed E-state index contributed by atoms with van der Waals surface area (Å²) in [4.78, 5) is 4.27. The van der Waals surface area contributed by atoms with E-state index in [2.05, 4.69) is 20.3 Å². The Hall–Kier alpha value is -3.27. The molecule has 0 spiro atoms. The molecule has 10 heteroatoms. The zero-order valence-corrected chi connectivity index (χ0v) is 15.7. The van der Waals surface area contributed by atoms with Gasteiger partial charge in [0.05, 0.1) is 24.5 Å². The van der Waals surface area contributed by atoms with E-state index in [1.165, 1.54) is 16.8 Å². The molecule has 0 saturated carbocycles. The number of aryl methyl sites for hydroxylation is 1. The minimum absolute atomic E-state index is 0.256. The van der Waals surface area contributed by atoms with Crippen LogP contribution in [0.25, 0.3) is 33.4 Å². The lowest BCUT2D eigenvalue weighted by molar-refractivity contribution is -0.234. The molecular weight excluding hydrogens is 402 g/mol. The average molecular weight is 417 g/mol. The van der Waals surface area contributed by atoms with Crippen molar-refractivity contribution in [2.24, 2.45) is 0 Å². The molecule has 154 valence electrons. The highest BCUT2D eigenvalue weighted by Gasteiger charge is 2.44. The van der Waals surface area contributed by atoms with Crippen LogP contribution in [0.3, 0.4) is 0 Å². The second kappa shape index (κ2) is 6.63. The molecule has 1 aromatic carbocycles. The van der Waals surface area contributed by atoms with Crippen LogP contribution in [0.15, 0.2) is 36.5 Å². The Morgan fingerprint density at radius 3 is 2.67 bits per heavy atom. The Bertz CT molecular complexity index is 1240. The van der Waals surface area contributed by atoms with E-state index in [4.69, 9.17) is 4.74 Å². The van der Waals surface area contributed by atoms with Crippen LogP contribution in [0.4, 0.5) is 17.6 Å². The lowest BCUT2D eigenvalue weighted by atomic mass is 9.96. The summed E-state index contributed by atoms with van der Waals surface area (Å²) in [6.45, 7) is 1.10. The average Bonchev–Trinajstić information content (AvgIpc) is 3.28. The Labute approximate surface area is 167 Å². The van der Waals surface area contributed by atoms with Crippen molar-refractivity contribution in [1.29, 1.82) is 0 Å². The Balaban J connectivity index is 1.76. The van der Waals surface area contributed by atoms with Crippen LogP contribution in [-0.2, 0) is 17.9 Å². The van der Waals surface area contributed by atoms with Gasteiger partial charge in [0.15, 0.2) is 11.8 Å². The molecule has 1 atom stereocenters. The van der Waals surface area contributed by atoms with Gasteiger partial charge >= 0.3 is 6.18 Å². The fraction of sp³-hybridized carbons (Fsp3) is 0.250. The number of aromatic nitrogens is 5. The SMILES string of the molecule is Cc1n[nH]c2nccc(-c3c(-c4ccc(F)cc4)nn4c3CO[C@@H](C(F)(F)F)C4)c12. The topological polar surface area (TPSA) is 68.6 Å². The second-order valence-corrected chi connectivity index (χ2v) is 7.09. The number of hydrogen-bond acceptors (Lipinski definition) is 4. The third-order valence-electron chi connectivity index (χ3n) is 5.21. The number of rotatable bonds is 2. The van der Waals surface area contributed by atoms with Crippen molar-refractivity contribution in [2.75, 3.05) is 0 Å². The van der Waals surface area contributed by atoms with Gasteiger partial charge < -0.3 is 4.74 Å². The predicted octanol–water partition coefficient (Wildman–Crippen LogP) is 4.40. The minimum Gasteiger partial charge on any atom is -0.360 e. The third kappa shape index (κ3) is 2.95. The van der Waals surface area contributed by atoms with Gasteiger partial charge in [0.1, 0.15) is 11.5 Å². The maximum atomic E-state index is 13.5. The van der Waals surface area contributed by atoms with Crippen molar-refractivity contribution in [2.45, 2.75) is 32.4 Å². The van der Waals surface area contributed by atoms with Gasteiger partial charge in [-0.1, -0.05) is 0 Å². The van der Waals surface area contributed by atoms with Gasteiger partial charge in [-0.05, 0) is 37.3 Å². The second-order valence-electron chi connectivity index (χ2n) is 7.09. The van der Waals surface area contributed by atoms with Crippen LogP contribution in [-0.4, -0.2) is 37.2 Å².